The van der Waals surface area contributed by atoms with E-state index in [-0.39, 0.29) is 0 Å². The molecular formula is C14H24N2O2S. The standard InChI is InChI=1S/C14H24N2O2S/c1-4-12(3)10-16-19(17,18)14-8-6-7-13(9-14)11-15-5-2/h6-9,12,15-16H,4-5,10-11H2,1-3H3. The molecule has 0 aliphatic rings. The first-order valence-corrected chi connectivity index (χ1v) is 8.27. The van der Waals surface area contributed by atoms with Crippen molar-refractivity contribution in [3.63, 3.8) is 0 Å². The minimum Gasteiger partial charge on any atom is -0.313 e. The molecule has 1 aromatic rings. The molecule has 0 aliphatic heterocycles. The summed E-state index contributed by atoms with van der Waals surface area (Å²) in [5, 5.41) is 3.19. The molecule has 5 heteroatoms. The summed E-state index contributed by atoms with van der Waals surface area (Å²) in [4.78, 5) is 0.339. The maximum absolute atomic E-state index is 12.1. The SMILES string of the molecule is CCNCc1cccc(S(=O)(=O)NCC(C)CC)c1. The summed E-state index contributed by atoms with van der Waals surface area (Å²) in [7, 11) is -3.39. The van der Waals surface area contributed by atoms with Crippen LogP contribution in [-0.2, 0) is 16.6 Å². The van der Waals surface area contributed by atoms with Gasteiger partial charge in [0.2, 0.25) is 10.0 Å². The van der Waals surface area contributed by atoms with Gasteiger partial charge in [-0.1, -0.05) is 39.3 Å². The summed E-state index contributed by atoms with van der Waals surface area (Å²) < 4.78 is 27.0. The van der Waals surface area contributed by atoms with Crippen molar-refractivity contribution in [2.24, 2.45) is 5.92 Å². The van der Waals surface area contributed by atoms with E-state index in [0.29, 0.717) is 23.9 Å². The number of rotatable bonds is 8. The van der Waals surface area contributed by atoms with Crippen LogP contribution in [0.3, 0.4) is 0 Å². The van der Waals surface area contributed by atoms with Gasteiger partial charge in [0, 0.05) is 13.1 Å². The van der Waals surface area contributed by atoms with Crippen molar-refractivity contribution in [2.45, 2.75) is 38.6 Å². The van der Waals surface area contributed by atoms with E-state index in [1.807, 2.05) is 19.9 Å². The van der Waals surface area contributed by atoms with Crippen LogP contribution in [0.5, 0.6) is 0 Å². The molecule has 0 amide bonds. The normalized spacial score (nSPS) is 13.4. The summed E-state index contributed by atoms with van der Waals surface area (Å²) in [6, 6.07) is 7.07. The van der Waals surface area contributed by atoms with E-state index in [1.165, 1.54) is 0 Å². The molecule has 1 aromatic carbocycles. The number of benzene rings is 1. The molecule has 1 unspecified atom stereocenters. The van der Waals surface area contributed by atoms with Crippen LogP contribution < -0.4 is 10.0 Å². The van der Waals surface area contributed by atoms with Crippen LogP contribution in [0.2, 0.25) is 0 Å². The summed E-state index contributed by atoms with van der Waals surface area (Å²) >= 11 is 0. The van der Waals surface area contributed by atoms with Crippen LogP contribution in [0.4, 0.5) is 0 Å². The third-order valence-electron chi connectivity index (χ3n) is 3.11. The van der Waals surface area contributed by atoms with Gasteiger partial charge in [-0.3, -0.25) is 0 Å². The largest absolute Gasteiger partial charge is 0.313 e. The molecule has 0 aromatic heterocycles. The Morgan fingerprint density at radius 3 is 2.63 bits per heavy atom. The van der Waals surface area contributed by atoms with Crippen molar-refractivity contribution < 1.29 is 8.42 Å². The fourth-order valence-corrected chi connectivity index (χ4v) is 2.81. The van der Waals surface area contributed by atoms with Gasteiger partial charge < -0.3 is 5.32 Å². The van der Waals surface area contributed by atoms with Crippen molar-refractivity contribution in [1.82, 2.24) is 10.0 Å². The van der Waals surface area contributed by atoms with Crippen molar-refractivity contribution in [1.29, 1.82) is 0 Å². The molecule has 0 aliphatic carbocycles. The van der Waals surface area contributed by atoms with E-state index in [1.54, 1.807) is 18.2 Å². The predicted octanol–water partition coefficient (Wildman–Crippen LogP) is 2.12. The third kappa shape index (κ3) is 5.30. The zero-order valence-electron chi connectivity index (χ0n) is 11.9. The second-order valence-electron chi connectivity index (χ2n) is 4.79. The number of sulfonamides is 1. The minimum atomic E-state index is -3.39. The number of hydrogen-bond acceptors (Lipinski definition) is 3. The Balaban J connectivity index is 2.77. The van der Waals surface area contributed by atoms with Gasteiger partial charge in [0.1, 0.15) is 0 Å². The average Bonchev–Trinajstić information content (AvgIpc) is 2.43. The lowest BCUT2D eigenvalue weighted by Gasteiger charge is -2.11. The van der Waals surface area contributed by atoms with Gasteiger partial charge in [-0.05, 0) is 30.2 Å². The molecule has 108 valence electrons. The molecule has 4 nitrogen and oxygen atoms in total. The molecular weight excluding hydrogens is 260 g/mol. The second-order valence-corrected chi connectivity index (χ2v) is 6.56. The van der Waals surface area contributed by atoms with E-state index in [9.17, 15) is 8.42 Å². The van der Waals surface area contributed by atoms with Crippen LogP contribution in [-0.4, -0.2) is 21.5 Å². The summed E-state index contributed by atoms with van der Waals surface area (Å²) in [5.41, 5.74) is 0.980. The van der Waals surface area contributed by atoms with Gasteiger partial charge in [0.05, 0.1) is 4.90 Å². The van der Waals surface area contributed by atoms with Crippen molar-refractivity contribution in [3.05, 3.63) is 29.8 Å². The fraction of sp³-hybridized carbons (Fsp3) is 0.571. The van der Waals surface area contributed by atoms with E-state index in [4.69, 9.17) is 0 Å². The maximum Gasteiger partial charge on any atom is 0.240 e. The van der Waals surface area contributed by atoms with Gasteiger partial charge in [-0.15, -0.1) is 0 Å². The van der Waals surface area contributed by atoms with Crippen LogP contribution in [0.15, 0.2) is 29.2 Å². The molecule has 1 rings (SSSR count). The van der Waals surface area contributed by atoms with Gasteiger partial charge >= 0.3 is 0 Å². The van der Waals surface area contributed by atoms with E-state index < -0.39 is 10.0 Å². The first-order valence-electron chi connectivity index (χ1n) is 6.79. The second kappa shape index (κ2) is 7.62. The highest BCUT2D eigenvalue weighted by Crippen LogP contribution is 2.12. The molecule has 19 heavy (non-hydrogen) atoms. The lowest BCUT2D eigenvalue weighted by molar-refractivity contribution is 0.528. The smallest absolute Gasteiger partial charge is 0.240 e. The van der Waals surface area contributed by atoms with Gasteiger partial charge in [-0.25, -0.2) is 13.1 Å². The summed E-state index contributed by atoms with van der Waals surface area (Å²) in [6.45, 7) is 8.14. The van der Waals surface area contributed by atoms with Crippen LogP contribution >= 0.6 is 0 Å². The van der Waals surface area contributed by atoms with Gasteiger partial charge in [0.25, 0.3) is 0 Å². The predicted molar refractivity (Wildman–Crippen MR) is 78.5 cm³/mol. The maximum atomic E-state index is 12.1. The van der Waals surface area contributed by atoms with Crippen LogP contribution in [0.1, 0.15) is 32.8 Å². The Bertz CT molecular complexity index is 486. The zero-order valence-corrected chi connectivity index (χ0v) is 12.8. The topological polar surface area (TPSA) is 58.2 Å². The van der Waals surface area contributed by atoms with E-state index in [0.717, 1.165) is 18.5 Å². The highest BCUT2D eigenvalue weighted by molar-refractivity contribution is 7.89. The highest BCUT2D eigenvalue weighted by atomic mass is 32.2. The highest BCUT2D eigenvalue weighted by Gasteiger charge is 2.14. The van der Waals surface area contributed by atoms with Gasteiger partial charge in [-0.2, -0.15) is 0 Å². The Morgan fingerprint density at radius 2 is 2.00 bits per heavy atom. The molecule has 0 bridgehead atoms. The third-order valence-corrected chi connectivity index (χ3v) is 4.53. The molecule has 1 atom stereocenters. The monoisotopic (exact) mass is 284 g/mol. The first-order chi connectivity index (χ1) is 8.99. The first kappa shape index (κ1) is 16.1. The average molecular weight is 284 g/mol. The molecule has 0 radical (unpaired) electrons. The number of nitrogens with one attached hydrogen (secondary N) is 2. The lowest BCUT2D eigenvalue weighted by Crippen LogP contribution is -2.28. The molecule has 0 heterocycles. The molecule has 0 saturated carbocycles. The van der Waals surface area contributed by atoms with Gasteiger partial charge in [0.15, 0.2) is 0 Å². The zero-order chi connectivity index (χ0) is 14.3. The van der Waals surface area contributed by atoms with Crippen LogP contribution in [0, 0.1) is 5.92 Å². The summed E-state index contributed by atoms with van der Waals surface area (Å²) in [6.07, 6.45) is 0.961. The fourth-order valence-electron chi connectivity index (χ4n) is 1.57. The lowest BCUT2D eigenvalue weighted by atomic mass is 10.1. The minimum absolute atomic E-state index is 0.339. The molecule has 0 spiro atoms. The van der Waals surface area contributed by atoms with Crippen molar-refractivity contribution in [3.8, 4) is 0 Å². The molecule has 0 saturated heterocycles. The Hall–Kier alpha value is -0.910. The van der Waals surface area contributed by atoms with Crippen molar-refractivity contribution in [2.75, 3.05) is 13.1 Å². The summed E-state index contributed by atoms with van der Waals surface area (Å²) in [5.74, 6) is 0.347. The van der Waals surface area contributed by atoms with E-state index in [2.05, 4.69) is 17.0 Å². The van der Waals surface area contributed by atoms with Crippen LogP contribution in [0.25, 0.3) is 0 Å². The molecule has 2 N–H and O–H groups in total. The Kier molecular flexibility index (Phi) is 6.48. The Labute approximate surface area is 116 Å². The van der Waals surface area contributed by atoms with Crippen molar-refractivity contribution >= 4 is 10.0 Å². The van der Waals surface area contributed by atoms with E-state index >= 15 is 0 Å². The Morgan fingerprint density at radius 1 is 1.26 bits per heavy atom. The number of hydrogen-bond donors (Lipinski definition) is 2. The molecule has 0 fully saturated rings. The quantitative estimate of drug-likeness (QED) is 0.769.